The Morgan fingerprint density at radius 2 is 2.14 bits per heavy atom. The number of carboxylic acid groups (broad SMARTS) is 1. The van der Waals surface area contributed by atoms with Gasteiger partial charge in [-0.3, -0.25) is 0 Å². The van der Waals surface area contributed by atoms with Gasteiger partial charge in [0, 0.05) is 19.0 Å². The molecule has 0 spiro atoms. The van der Waals surface area contributed by atoms with Gasteiger partial charge >= 0.3 is 5.97 Å². The Bertz CT molecular complexity index is 707. The molecule has 0 radical (unpaired) electrons. The monoisotopic (exact) mass is 328 g/mol. The Hall–Kier alpha value is -1.62. The standard InChI is InChI=1S/C13H13ClN2O4S/c14-12-8-10(4-5-11(12)13(17)18)21(19,20)16(7-1-6-15)9-2-3-9/h4-5,8-9H,1-3,7H2,(H,17,18). The van der Waals surface area contributed by atoms with Crippen molar-refractivity contribution in [3.8, 4) is 6.07 Å². The summed E-state index contributed by atoms with van der Waals surface area (Å²) < 4.78 is 26.4. The van der Waals surface area contributed by atoms with E-state index in [4.69, 9.17) is 22.0 Å². The molecule has 1 aliphatic rings. The fraction of sp³-hybridized carbons (Fsp3) is 0.385. The SMILES string of the molecule is N#CCCN(C1CC1)S(=O)(=O)c1ccc(C(=O)O)c(Cl)c1. The maximum Gasteiger partial charge on any atom is 0.337 e. The third kappa shape index (κ3) is 3.35. The molecule has 112 valence electrons. The van der Waals surface area contributed by atoms with Gasteiger partial charge in [-0.15, -0.1) is 0 Å². The molecular weight excluding hydrogens is 316 g/mol. The van der Waals surface area contributed by atoms with Crippen LogP contribution in [0.1, 0.15) is 29.6 Å². The second-order valence-electron chi connectivity index (χ2n) is 4.70. The first-order chi connectivity index (χ1) is 9.87. The number of carbonyl (C=O) groups is 1. The van der Waals surface area contributed by atoms with Crippen LogP contribution in [0.5, 0.6) is 0 Å². The summed E-state index contributed by atoms with van der Waals surface area (Å²) in [5.41, 5.74) is -0.148. The number of nitrogens with zero attached hydrogens (tertiary/aromatic N) is 2. The van der Waals surface area contributed by atoms with Crippen LogP contribution in [0.15, 0.2) is 23.1 Å². The highest BCUT2D eigenvalue weighted by molar-refractivity contribution is 7.89. The highest BCUT2D eigenvalue weighted by atomic mass is 35.5. The maximum atomic E-state index is 12.6. The number of hydrogen-bond acceptors (Lipinski definition) is 4. The van der Waals surface area contributed by atoms with Crippen molar-refractivity contribution in [2.45, 2.75) is 30.2 Å². The van der Waals surface area contributed by atoms with Gasteiger partial charge in [0.25, 0.3) is 0 Å². The van der Waals surface area contributed by atoms with Crippen LogP contribution < -0.4 is 0 Å². The van der Waals surface area contributed by atoms with Gasteiger partial charge < -0.3 is 5.11 Å². The largest absolute Gasteiger partial charge is 0.478 e. The molecule has 0 amide bonds. The van der Waals surface area contributed by atoms with E-state index in [9.17, 15) is 13.2 Å². The van der Waals surface area contributed by atoms with Crippen LogP contribution in [-0.4, -0.2) is 36.4 Å². The van der Waals surface area contributed by atoms with E-state index >= 15 is 0 Å². The predicted molar refractivity (Wildman–Crippen MR) is 75.6 cm³/mol. The second kappa shape index (κ2) is 6.02. The summed E-state index contributed by atoms with van der Waals surface area (Å²) in [5.74, 6) is -1.22. The maximum absolute atomic E-state index is 12.6. The van der Waals surface area contributed by atoms with Gasteiger partial charge in [0.1, 0.15) is 0 Å². The zero-order valence-electron chi connectivity index (χ0n) is 11.0. The van der Waals surface area contributed by atoms with Gasteiger partial charge in [0.2, 0.25) is 10.0 Å². The van der Waals surface area contributed by atoms with E-state index in [1.807, 2.05) is 6.07 Å². The van der Waals surface area contributed by atoms with Crippen LogP contribution in [0.25, 0.3) is 0 Å². The number of aromatic carboxylic acids is 1. The lowest BCUT2D eigenvalue weighted by atomic mass is 10.2. The molecule has 0 saturated heterocycles. The number of benzene rings is 1. The van der Waals surface area contributed by atoms with Crippen molar-refractivity contribution >= 4 is 27.6 Å². The number of sulfonamides is 1. The molecule has 0 unspecified atom stereocenters. The molecule has 1 aromatic rings. The topological polar surface area (TPSA) is 98.5 Å². The summed E-state index contributed by atoms with van der Waals surface area (Å²) in [6, 6.07) is 5.39. The van der Waals surface area contributed by atoms with Crippen molar-refractivity contribution in [3.05, 3.63) is 28.8 Å². The molecule has 0 heterocycles. The molecule has 6 nitrogen and oxygen atoms in total. The quantitative estimate of drug-likeness (QED) is 0.862. The number of hydrogen-bond donors (Lipinski definition) is 1. The highest BCUT2D eigenvalue weighted by Crippen LogP contribution is 2.33. The molecular formula is C13H13ClN2O4S. The van der Waals surface area contributed by atoms with Gasteiger partial charge in [0.15, 0.2) is 0 Å². The molecule has 8 heteroatoms. The Balaban J connectivity index is 2.36. The fourth-order valence-electron chi connectivity index (χ4n) is 1.99. The molecule has 1 fully saturated rings. The van der Waals surface area contributed by atoms with Crippen LogP contribution >= 0.6 is 11.6 Å². The second-order valence-corrected chi connectivity index (χ2v) is 7.00. The Kier molecular flexibility index (Phi) is 4.52. The van der Waals surface area contributed by atoms with Crippen molar-refractivity contribution < 1.29 is 18.3 Å². The van der Waals surface area contributed by atoms with E-state index in [-0.39, 0.29) is 34.5 Å². The lowest BCUT2D eigenvalue weighted by molar-refractivity contribution is 0.0697. The Morgan fingerprint density at radius 1 is 1.48 bits per heavy atom. The van der Waals surface area contributed by atoms with E-state index < -0.39 is 16.0 Å². The van der Waals surface area contributed by atoms with E-state index in [1.165, 1.54) is 16.4 Å². The van der Waals surface area contributed by atoms with Crippen molar-refractivity contribution in [2.75, 3.05) is 6.54 Å². The van der Waals surface area contributed by atoms with Gasteiger partial charge in [-0.25, -0.2) is 13.2 Å². The summed E-state index contributed by atoms with van der Waals surface area (Å²) in [6.07, 6.45) is 1.65. The van der Waals surface area contributed by atoms with Crippen molar-refractivity contribution in [1.82, 2.24) is 4.31 Å². The molecule has 0 aliphatic heterocycles. The number of rotatable bonds is 6. The average molecular weight is 329 g/mol. The van der Waals surface area contributed by atoms with Gasteiger partial charge in [0.05, 0.1) is 21.6 Å². The van der Waals surface area contributed by atoms with Crippen LogP contribution in [0.2, 0.25) is 5.02 Å². The van der Waals surface area contributed by atoms with Gasteiger partial charge in [-0.2, -0.15) is 9.57 Å². The minimum Gasteiger partial charge on any atom is -0.478 e. The van der Waals surface area contributed by atoms with Crippen LogP contribution in [-0.2, 0) is 10.0 Å². The van der Waals surface area contributed by atoms with E-state index in [2.05, 4.69) is 0 Å². The zero-order valence-corrected chi connectivity index (χ0v) is 12.6. The normalized spacial score (nSPS) is 14.9. The molecule has 21 heavy (non-hydrogen) atoms. The van der Waals surface area contributed by atoms with Crippen LogP contribution in [0.3, 0.4) is 0 Å². The molecule has 1 aliphatic carbocycles. The Labute approximate surface area is 127 Å². The van der Waals surface area contributed by atoms with Crippen LogP contribution in [0.4, 0.5) is 0 Å². The molecule has 1 saturated carbocycles. The molecule has 2 rings (SSSR count). The van der Waals surface area contributed by atoms with Gasteiger partial charge in [-0.1, -0.05) is 11.6 Å². The third-order valence-corrected chi connectivity index (χ3v) is 5.44. The van der Waals surface area contributed by atoms with Crippen LogP contribution in [0, 0.1) is 11.3 Å². The third-order valence-electron chi connectivity index (χ3n) is 3.18. The fourth-order valence-corrected chi connectivity index (χ4v) is 4.03. The van der Waals surface area contributed by atoms with Crippen molar-refractivity contribution in [1.29, 1.82) is 5.26 Å². The molecule has 0 bridgehead atoms. The minimum absolute atomic E-state index is 0.0534. The summed E-state index contributed by atoms with van der Waals surface area (Å²) in [4.78, 5) is 10.8. The van der Waals surface area contributed by atoms with E-state index in [0.29, 0.717) is 0 Å². The van der Waals surface area contributed by atoms with Crippen molar-refractivity contribution in [3.63, 3.8) is 0 Å². The number of nitriles is 1. The molecule has 0 atom stereocenters. The van der Waals surface area contributed by atoms with Gasteiger partial charge in [-0.05, 0) is 31.0 Å². The highest BCUT2D eigenvalue weighted by Gasteiger charge is 2.37. The number of carboxylic acids is 1. The molecule has 1 aromatic carbocycles. The lowest BCUT2D eigenvalue weighted by Gasteiger charge is -2.21. The van der Waals surface area contributed by atoms with E-state index in [0.717, 1.165) is 18.9 Å². The first kappa shape index (κ1) is 15.8. The zero-order chi connectivity index (χ0) is 15.6. The first-order valence-corrected chi connectivity index (χ1v) is 8.11. The minimum atomic E-state index is -3.77. The Morgan fingerprint density at radius 3 is 2.62 bits per heavy atom. The van der Waals surface area contributed by atoms with E-state index in [1.54, 1.807) is 0 Å². The predicted octanol–water partition coefficient (Wildman–Crippen LogP) is 2.10. The lowest BCUT2D eigenvalue weighted by Crippen LogP contribution is -2.34. The van der Waals surface area contributed by atoms with Crippen molar-refractivity contribution in [2.24, 2.45) is 0 Å². The molecule has 1 N–H and O–H groups in total. The smallest absolute Gasteiger partial charge is 0.337 e. The number of halogens is 1. The molecule has 0 aromatic heterocycles. The summed E-state index contributed by atoms with van der Waals surface area (Å²) >= 11 is 5.82. The summed E-state index contributed by atoms with van der Waals surface area (Å²) in [6.45, 7) is 0.127. The summed E-state index contributed by atoms with van der Waals surface area (Å²) in [5, 5.41) is 17.4. The first-order valence-electron chi connectivity index (χ1n) is 6.29. The summed E-state index contributed by atoms with van der Waals surface area (Å²) in [7, 11) is -3.77. The average Bonchev–Trinajstić information content (AvgIpc) is 3.23.